The lowest BCUT2D eigenvalue weighted by Gasteiger charge is -2.16. The van der Waals surface area contributed by atoms with Gasteiger partial charge in [-0.1, -0.05) is 12.1 Å². The molecule has 2 N–H and O–H groups in total. The van der Waals surface area contributed by atoms with Gasteiger partial charge in [0.1, 0.15) is 11.4 Å². The zero-order valence-electron chi connectivity index (χ0n) is 12.5. The number of hydrogen-bond acceptors (Lipinski definition) is 5. The summed E-state index contributed by atoms with van der Waals surface area (Å²) in [5.74, 6) is -0.110. The molecule has 0 aliphatic carbocycles. The van der Waals surface area contributed by atoms with Crippen molar-refractivity contribution in [3.05, 3.63) is 45.9 Å². The second kappa shape index (κ2) is 7.98. The van der Waals surface area contributed by atoms with E-state index in [2.05, 4.69) is 9.72 Å². The standard InChI is InChI=1S/C15H17F2N3O2S/c1-20(14(21)12-9-23-13(19-12)6-7-18)8-10-2-4-11(5-3-10)22-15(16)17/h2-5,9,15H,6-8,18H2,1H3. The Morgan fingerprint density at radius 3 is 2.70 bits per heavy atom. The number of halogens is 2. The molecule has 124 valence electrons. The van der Waals surface area contributed by atoms with Crippen LogP contribution in [0.4, 0.5) is 8.78 Å². The van der Waals surface area contributed by atoms with Crippen LogP contribution in [-0.2, 0) is 13.0 Å². The Balaban J connectivity index is 1.97. The molecule has 1 heterocycles. The highest BCUT2D eigenvalue weighted by Gasteiger charge is 2.15. The van der Waals surface area contributed by atoms with Crippen LogP contribution in [0.2, 0.25) is 0 Å². The first-order valence-electron chi connectivity index (χ1n) is 6.93. The van der Waals surface area contributed by atoms with E-state index < -0.39 is 6.61 Å². The predicted molar refractivity (Wildman–Crippen MR) is 83.7 cm³/mol. The quantitative estimate of drug-likeness (QED) is 0.840. The fourth-order valence-corrected chi connectivity index (χ4v) is 2.75. The average Bonchev–Trinajstić information content (AvgIpc) is 2.97. The van der Waals surface area contributed by atoms with E-state index in [9.17, 15) is 13.6 Å². The first-order valence-corrected chi connectivity index (χ1v) is 7.81. The summed E-state index contributed by atoms with van der Waals surface area (Å²) < 4.78 is 28.5. The highest BCUT2D eigenvalue weighted by atomic mass is 32.1. The molecule has 0 bridgehead atoms. The molecular formula is C15H17F2N3O2S. The van der Waals surface area contributed by atoms with Gasteiger partial charge in [-0.2, -0.15) is 8.78 Å². The Bertz CT molecular complexity index is 646. The lowest BCUT2D eigenvalue weighted by molar-refractivity contribution is -0.0498. The highest BCUT2D eigenvalue weighted by molar-refractivity contribution is 7.09. The number of ether oxygens (including phenoxy) is 1. The monoisotopic (exact) mass is 341 g/mol. The number of nitrogens with zero attached hydrogens (tertiary/aromatic N) is 2. The second-order valence-corrected chi connectivity index (χ2v) is 5.79. The Labute approximate surface area is 136 Å². The van der Waals surface area contributed by atoms with Crippen molar-refractivity contribution in [2.75, 3.05) is 13.6 Å². The molecular weight excluding hydrogens is 324 g/mol. The van der Waals surface area contributed by atoms with Gasteiger partial charge in [0.15, 0.2) is 0 Å². The van der Waals surface area contributed by atoms with Crippen molar-refractivity contribution in [3.8, 4) is 5.75 Å². The maximum Gasteiger partial charge on any atom is 0.387 e. The number of aromatic nitrogens is 1. The third kappa shape index (κ3) is 4.97. The van der Waals surface area contributed by atoms with Crippen LogP contribution in [-0.4, -0.2) is 36.0 Å². The number of benzene rings is 1. The molecule has 8 heteroatoms. The zero-order valence-corrected chi connectivity index (χ0v) is 13.4. The normalized spacial score (nSPS) is 10.8. The van der Waals surface area contributed by atoms with Crippen molar-refractivity contribution in [1.29, 1.82) is 0 Å². The molecule has 0 aliphatic heterocycles. The molecule has 2 rings (SSSR count). The highest BCUT2D eigenvalue weighted by Crippen LogP contribution is 2.17. The summed E-state index contributed by atoms with van der Waals surface area (Å²) in [6, 6.07) is 6.18. The van der Waals surface area contributed by atoms with E-state index in [1.54, 1.807) is 24.6 Å². The third-order valence-electron chi connectivity index (χ3n) is 3.04. The fourth-order valence-electron chi connectivity index (χ4n) is 1.96. The number of amides is 1. The van der Waals surface area contributed by atoms with E-state index in [-0.39, 0.29) is 11.7 Å². The topological polar surface area (TPSA) is 68.5 Å². The van der Waals surface area contributed by atoms with Gasteiger partial charge < -0.3 is 15.4 Å². The predicted octanol–water partition coefficient (Wildman–Crippen LogP) is 2.52. The Hall–Kier alpha value is -2.06. The van der Waals surface area contributed by atoms with E-state index >= 15 is 0 Å². The molecule has 1 amide bonds. The number of alkyl halides is 2. The van der Waals surface area contributed by atoms with Gasteiger partial charge in [0.2, 0.25) is 0 Å². The van der Waals surface area contributed by atoms with Crippen molar-refractivity contribution in [2.24, 2.45) is 5.73 Å². The van der Waals surface area contributed by atoms with Gasteiger partial charge in [-0.15, -0.1) is 11.3 Å². The van der Waals surface area contributed by atoms with E-state index in [0.29, 0.717) is 25.2 Å². The molecule has 1 aromatic heterocycles. The lowest BCUT2D eigenvalue weighted by Crippen LogP contribution is -2.26. The molecule has 0 saturated carbocycles. The minimum atomic E-state index is -2.85. The molecule has 0 fully saturated rings. The van der Waals surface area contributed by atoms with E-state index in [1.165, 1.54) is 28.4 Å². The molecule has 1 aromatic carbocycles. The van der Waals surface area contributed by atoms with E-state index in [1.807, 2.05) is 0 Å². The Kier molecular flexibility index (Phi) is 6.00. The first kappa shape index (κ1) is 17.3. The SMILES string of the molecule is CN(Cc1ccc(OC(F)F)cc1)C(=O)c1csc(CCN)n1. The summed E-state index contributed by atoms with van der Waals surface area (Å²) in [6.45, 7) is -2.01. The number of nitrogens with two attached hydrogens (primary N) is 1. The van der Waals surface area contributed by atoms with Crippen molar-refractivity contribution < 1.29 is 18.3 Å². The van der Waals surface area contributed by atoms with E-state index in [4.69, 9.17) is 5.73 Å². The van der Waals surface area contributed by atoms with E-state index in [0.717, 1.165) is 10.6 Å². The molecule has 5 nitrogen and oxygen atoms in total. The van der Waals surface area contributed by atoms with Gasteiger partial charge in [-0.3, -0.25) is 4.79 Å². The average molecular weight is 341 g/mol. The van der Waals surface area contributed by atoms with Crippen LogP contribution in [0, 0.1) is 0 Å². The summed E-state index contributed by atoms with van der Waals surface area (Å²) in [6.07, 6.45) is 0.646. The van der Waals surface area contributed by atoms with Crippen molar-refractivity contribution in [3.63, 3.8) is 0 Å². The van der Waals surface area contributed by atoms with Gasteiger partial charge in [0.25, 0.3) is 5.91 Å². The Morgan fingerprint density at radius 1 is 1.39 bits per heavy atom. The molecule has 0 spiro atoms. The smallest absolute Gasteiger partial charge is 0.387 e. The largest absolute Gasteiger partial charge is 0.435 e. The first-order chi connectivity index (χ1) is 11.0. The summed E-state index contributed by atoms with van der Waals surface area (Å²) in [4.78, 5) is 18.1. The lowest BCUT2D eigenvalue weighted by atomic mass is 10.2. The fraction of sp³-hybridized carbons (Fsp3) is 0.333. The number of rotatable bonds is 7. The van der Waals surface area contributed by atoms with Gasteiger partial charge in [-0.05, 0) is 24.2 Å². The maximum atomic E-state index is 12.3. The zero-order chi connectivity index (χ0) is 16.8. The second-order valence-electron chi connectivity index (χ2n) is 4.85. The molecule has 0 aliphatic rings. The number of thiazole rings is 1. The molecule has 0 atom stereocenters. The van der Waals surface area contributed by atoms with Crippen LogP contribution < -0.4 is 10.5 Å². The van der Waals surface area contributed by atoms with Gasteiger partial charge in [0, 0.05) is 25.4 Å². The molecule has 0 unspecified atom stereocenters. The van der Waals surface area contributed by atoms with Crippen molar-refractivity contribution in [1.82, 2.24) is 9.88 Å². The summed E-state index contributed by atoms with van der Waals surface area (Å²) in [5.41, 5.74) is 6.66. The molecule has 2 aromatic rings. The molecule has 0 radical (unpaired) electrons. The number of carbonyl (C=O) groups excluding carboxylic acids is 1. The van der Waals surface area contributed by atoms with Crippen LogP contribution in [0.5, 0.6) is 5.75 Å². The van der Waals surface area contributed by atoms with Crippen LogP contribution in [0.3, 0.4) is 0 Å². The van der Waals surface area contributed by atoms with Crippen LogP contribution in [0.1, 0.15) is 21.1 Å². The molecule has 0 saturated heterocycles. The Morgan fingerprint density at radius 2 is 2.09 bits per heavy atom. The number of hydrogen-bond donors (Lipinski definition) is 1. The molecule has 23 heavy (non-hydrogen) atoms. The van der Waals surface area contributed by atoms with Gasteiger partial charge in [0.05, 0.1) is 5.01 Å². The summed E-state index contributed by atoms with van der Waals surface area (Å²) in [7, 11) is 1.66. The van der Waals surface area contributed by atoms with Gasteiger partial charge in [-0.25, -0.2) is 4.98 Å². The van der Waals surface area contributed by atoms with Crippen LogP contribution >= 0.6 is 11.3 Å². The van der Waals surface area contributed by atoms with Crippen molar-refractivity contribution >= 4 is 17.2 Å². The van der Waals surface area contributed by atoms with Crippen LogP contribution in [0.15, 0.2) is 29.6 Å². The minimum Gasteiger partial charge on any atom is -0.435 e. The third-order valence-corrected chi connectivity index (χ3v) is 3.95. The minimum absolute atomic E-state index is 0.0867. The van der Waals surface area contributed by atoms with Gasteiger partial charge >= 0.3 is 6.61 Å². The summed E-state index contributed by atoms with van der Waals surface area (Å²) in [5, 5.41) is 2.54. The van der Waals surface area contributed by atoms with Crippen LogP contribution in [0.25, 0.3) is 0 Å². The van der Waals surface area contributed by atoms with Crippen molar-refractivity contribution in [2.45, 2.75) is 19.6 Å². The number of carbonyl (C=O) groups is 1. The summed E-state index contributed by atoms with van der Waals surface area (Å²) >= 11 is 1.41. The maximum absolute atomic E-state index is 12.3.